The molecule has 6 heteroatoms. The van der Waals surface area contributed by atoms with E-state index in [1.807, 2.05) is 26.8 Å². The maximum atomic E-state index is 5.22. The van der Waals surface area contributed by atoms with E-state index in [1.54, 1.807) is 0 Å². The minimum atomic E-state index is 0.450. The number of aromatic nitrogens is 3. The number of aryl methyl sites for hydroxylation is 3. The van der Waals surface area contributed by atoms with Gasteiger partial charge in [0.15, 0.2) is 5.82 Å². The molecule has 6 nitrogen and oxygen atoms in total. The molecule has 0 amide bonds. The number of anilines is 1. The molecule has 2 aromatic rings. The van der Waals surface area contributed by atoms with Crippen molar-refractivity contribution < 1.29 is 4.52 Å². The summed E-state index contributed by atoms with van der Waals surface area (Å²) in [6.45, 7) is 8.72. The van der Waals surface area contributed by atoms with Crippen molar-refractivity contribution in [3.05, 3.63) is 34.8 Å². The number of nitrogens with zero attached hydrogens (tertiary/aromatic N) is 4. The molecule has 2 aromatic heterocycles. The normalized spacial score (nSPS) is 18.7. The molecule has 118 valence electrons. The van der Waals surface area contributed by atoms with E-state index < -0.39 is 0 Å². The minimum absolute atomic E-state index is 0.450. The molecule has 1 saturated heterocycles. The Morgan fingerprint density at radius 3 is 2.82 bits per heavy atom. The summed E-state index contributed by atoms with van der Waals surface area (Å²) in [6.07, 6.45) is 2.34. The second-order valence-corrected chi connectivity index (χ2v) is 6.00. The first-order chi connectivity index (χ1) is 10.6. The summed E-state index contributed by atoms with van der Waals surface area (Å²) in [5.41, 5.74) is 3.10. The van der Waals surface area contributed by atoms with Gasteiger partial charge in [0.1, 0.15) is 5.76 Å². The summed E-state index contributed by atoms with van der Waals surface area (Å²) >= 11 is 0. The van der Waals surface area contributed by atoms with Gasteiger partial charge < -0.3 is 14.7 Å². The van der Waals surface area contributed by atoms with Gasteiger partial charge in [-0.2, -0.15) is 5.10 Å². The quantitative estimate of drug-likeness (QED) is 0.933. The van der Waals surface area contributed by atoms with Crippen molar-refractivity contribution in [1.82, 2.24) is 20.7 Å². The van der Waals surface area contributed by atoms with Gasteiger partial charge in [0.25, 0.3) is 0 Å². The molecule has 0 radical (unpaired) electrons. The fourth-order valence-electron chi connectivity index (χ4n) is 2.91. The summed E-state index contributed by atoms with van der Waals surface area (Å²) in [7, 11) is 0. The number of nitrogens with one attached hydrogen (secondary N) is 1. The molecule has 0 aliphatic carbocycles. The van der Waals surface area contributed by atoms with E-state index in [-0.39, 0.29) is 0 Å². The van der Waals surface area contributed by atoms with Crippen LogP contribution in [0.3, 0.4) is 0 Å². The third-order valence-electron chi connectivity index (χ3n) is 4.28. The van der Waals surface area contributed by atoms with Crippen LogP contribution in [0.2, 0.25) is 0 Å². The van der Waals surface area contributed by atoms with Crippen molar-refractivity contribution in [3.8, 4) is 0 Å². The first kappa shape index (κ1) is 15.0. The predicted octanol–water partition coefficient (Wildman–Crippen LogP) is 2.15. The molecule has 1 aliphatic rings. The Balaban J connectivity index is 1.60. The van der Waals surface area contributed by atoms with Gasteiger partial charge in [0, 0.05) is 31.2 Å². The summed E-state index contributed by atoms with van der Waals surface area (Å²) in [6, 6.07) is 4.52. The van der Waals surface area contributed by atoms with Crippen molar-refractivity contribution >= 4 is 5.82 Å². The Hall–Kier alpha value is -1.95. The number of hydrogen-bond acceptors (Lipinski definition) is 6. The van der Waals surface area contributed by atoms with Crippen LogP contribution in [0.1, 0.15) is 35.6 Å². The molecule has 1 atom stereocenters. The molecule has 0 spiro atoms. The monoisotopic (exact) mass is 301 g/mol. The average molecular weight is 301 g/mol. The Bertz CT molecular complexity index is 602. The van der Waals surface area contributed by atoms with Crippen molar-refractivity contribution in [1.29, 1.82) is 0 Å². The lowest BCUT2D eigenvalue weighted by Crippen LogP contribution is -2.46. The fraction of sp³-hybridized carbons (Fsp3) is 0.562. The van der Waals surface area contributed by atoms with Crippen LogP contribution < -0.4 is 10.2 Å². The molecule has 1 fully saturated rings. The lowest BCUT2D eigenvalue weighted by molar-refractivity contribution is 0.389. The second kappa shape index (κ2) is 6.44. The van der Waals surface area contributed by atoms with Gasteiger partial charge in [-0.15, -0.1) is 5.10 Å². The Labute approximate surface area is 130 Å². The topological polar surface area (TPSA) is 67.1 Å². The first-order valence-electron chi connectivity index (χ1n) is 7.84. The lowest BCUT2D eigenvalue weighted by Gasteiger charge is -2.33. The highest BCUT2D eigenvalue weighted by Gasteiger charge is 2.21. The lowest BCUT2D eigenvalue weighted by atomic mass is 10.0. The molecule has 1 aliphatic heterocycles. The van der Waals surface area contributed by atoms with E-state index in [2.05, 4.69) is 31.6 Å². The first-order valence-corrected chi connectivity index (χ1v) is 7.84. The Morgan fingerprint density at radius 1 is 1.27 bits per heavy atom. The van der Waals surface area contributed by atoms with Gasteiger partial charge in [-0.25, -0.2) is 0 Å². The molecular formula is C16H23N5O. The fourth-order valence-corrected chi connectivity index (χ4v) is 2.91. The second-order valence-electron chi connectivity index (χ2n) is 6.00. The molecule has 3 rings (SSSR count). The molecule has 0 saturated carbocycles. The summed E-state index contributed by atoms with van der Waals surface area (Å²) < 4.78 is 5.22. The number of piperidine rings is 1. The summed E-state index contributed by atoms with van der Waals surface area (Å²) in [5.74, 6) is 1.87. The van der Waals surface area contributed by atoms with Crippen molar-refractivity contribution in [2.24, 2.45) is 0 Å². The molecule has 22 heavy (non-hydrogen) atoms. The Morgan fingerprint density at radius 2 is 2.14 bits per heavy atom. The largest absolute Gasteiger partial charge is 0.361 e. The molecule has 1 N–H and O–H groups in total. The van der Waals surface area contributed by atoms with Crippen molar-refractivity contribution in [2.45, 2.75) is 46.2 Å². The summed E-state index contributed by atoms with van der Waals surface area (Å²) in [5, 5.41) is 16.1. The van der Waals surface area contributed by atoms with Crippen LogP contribution in [0.4, 0.5) is 5.82 Å². The zero-order valence-electron chi connectivity index (χ0n) is 13.5. The van der Waals surface area contributed by atoms with E-state index >= 15 is 0 Å². The summed E-state index contributed by atoms with van der Waals surface area (Å²) in [4.78, 5) is 2.31. The molecule has 3 heterocycles. The third-order valence-corrected chi connectivity index (χ3v) is 4.28. The Kier molecular flexibility index (Phi) is 4.38. The van der Waals surface area contributed by atoms with Crippen molar-refractivity contribution in [2.75, 3.05) is 18.0 Å². The van der Waals surface area contributed by atoms with Crippen LogP contribution in [0.15, 0.2) is 16.7 Å². The zero-order valence-corrected chi connectivity index (χ0v) is 13.5. The molecular weight excluding hydrogens is 278 g/mol. The third kappa shape index (κ3) is 3.27. The predicted molar refractivity (Wildman–Crippen MR) is 84.8 cm³/mol. The average Bonchev–Trinajstić information content (AvgIpc) is 2.85. The standard InChI is InChI=1S/C16H23N5O/c1-11-6-7-16(19-18-11)21-8-4-5-14(10-21)17-9-15-12(2)20-22-13(15)3/h6-7,14,17H,4-5,8-10H2,1-3H3. The van der Waals surface area contributed by atoms with Crippen LogP contribution in [-0.4, -0.2) is 34.5 Å². The maximum absolute atomic E-state index is 5.22. The van der Waals surface area contributed by atoms with Gasteiger partial charge in [0.2, 0.25) is 0 Å². The smallest absolute Gasteiger partial charge is 0.151 e. The number of hydrogen-bond donors (Lipinski definition) is 1. The number of rotatable bonds is 4. The highest BCUT2D eigenvalue weighted by molar-refractivity contribution is 5.38. The van der Waals surface area contributed by atoms with Gasteiger partial charge in [-0.05, 0) is 45.7 Å². The van der Waals surface area contributed by atoms with Crippen LogP contribution in [0.5, 0.6) is 0 Å². The highest BCUT2D eigenvalue weighted by atomic mass is 16.5. The van der Waals surface area contributed by atoms with E-state index in [0.29, 0.717) is 6.04 Å². The van der Waals surface area contributed by atoms with Gasteiger partial charge >= 0.3 is 0 Å². The van der Waals surface area contributed by atoms with E-state index in [0.717, 1.165) is 49.0 Å². The van der Waals surface area contributed by atoms with Gasteiger partial charge in [-0.3, -0.25) is 0 Å². The van der Waals surface area contributed by atoms with Gasteiger partial charge in [0.05, 0.1) is 11.4 Å². The van der Waals surface area contributed by atoms with Crippen LogP contribution >= 0.6 is 0 Å². The minimum Gasteiger partial charge on any atom is -0.361 e. The maximum Gasteiger partial charge on any atom is 0.151 e. The van der Waals surface area contributed by atoms with Crippen LogP contribution in [0, 0.1) is 20.8 Å². The van der Waals surface area contributed by atoms with Gasteiger partial charge in [-0.1, -0.05) is 5.16 Å². The van der Waals surface area contributed by atoms with E-state index in [1.165, 1.54) is 12.0 Å². The molecule has 1 unspecified atom stereocenters. The van der Waals surface area contributed by atoms with E-state index in [4.69, 9.17) is 4.52 Å². The van der Waals surface area contributed by atoms with E-state index in [9.17, 15) is 0 Å². The van der Waals surface area contributed by atoms with Crippen molar-refractivity contribution in [3.63, 3.8) is 0 Å². The zero-order chi connectivity index (χ0) is 15.5. The van der Waals surface area contributed by atoms with Crippen LogP contribution in [-0.2, 0) is 6.54 Å². The van der Waals surface area contributed by atoms with Crippen LogP contribution in [0.25, 0.3) is 0 Å². The SMILES string of the molecule is Cc1ccc(N2CCCC(NCc3c(C)noc3C)C2)nn1. The highest BCUT2D eigenvalue weighted by Crippen LogP contribution is 2.18. The molecule has 0 bridgehead atoms. The molecule has 0 aromatic carbocycles.